The molecule has 1 unspecified atom stereocenters. The van der Waals surface area contributed by atoms with E-state index in [4.69, 9.17) is 4.74 Å². The molecule has 1 atom stereocenters. The Labute approximate surface area is 75.7 Å². The van der Waals surface area contributed by atoms with Crippen molar-refractivity contribution in [3.8, 4) is 0 Å². The smallest absolute Gasteiger partial charge is 0.0488 e. The summed E-state index contributed by atoms with van der Waals surface area (Å²) < 4.78 is 5.53. The second-order valence-electron chi connectivity index (χ2n) is 4.12. The molecule has 1 saturated heterocycles. The predicted molar refractivity (Wildman–Crippen MR) is 51.3 cm³/mol. The minimum Gasteiger partial charge on any atom is -0.381 e. The molecule has 2 nitrogen and oxygen atoms in total. The molecule has 0 bridgehead atoms. The van der Waals surface area contributed by atoms with Crippen molar-refractivity contribution >= 4 is 0 Å². The highest BCUT2D eigenvalue weighted by Gasteiger charge is 2.13. The zero-order chi connectivity index (χ0) is 8.81. The van der Waals surface area contributed by atoms with Crippen LogP contribution in [0.25, 0.3) is 0 Å². The molecule has 0 radical (unpaired) electrons. The van der Waals surface area contributed by atoms with Crippen LogP contribution in [0.4, 0.5) is 0 Å². The molecular weight excluding hydrogens is 150 g/mol. The van der Waals surface area contributed by atoms with Crippen LogP contribution in [0.3, 0.4) is 0 Å². The lowest BCUT2D eigenvalue weighted by molar-refractivity contribution is 0.0994. The SMILES string of the molecule is CC(C)COCCC1CCNC1. The van der Waals surface area contributed by atoms with Crippen molar-refractivity contribution in [1.82, 2.24) is 5.32 Å². The fourth-order valence-electron chi connectivity index (χ4n) is 1.53. The number of nitrogens with one attached hydrogen (secondary N) is 1. The Morgan fingerprint density at radius 3 is 2.92 bits per heavy atom. The van der Waals surface area contributed by atoms with E-state index in [0.717, 1.165) is 19.1 Å². The standard InChI is InChI=1S/C10H21NO/c1-9(2)8-12-6-4-10-3-5-11-7-10/h9-11H,3-8H2,1-2H3. The second kappa shape index (κ2) is 5.55. The van der Waals surface area contributed by atoms with Crippen LogP contribution in [0.5, 0.6) is 0 Å². The third kappa shape index (κ3) is 4.07. The monoisotopic (exact) mass is 171 g/mol. The van der Waals surface area contributed by atoms with Gasteiger partial charge in [0.05, 0.1) is 0 Å². The van der Waals surface area contributed by atoms with Gasteiger partial charge in [0.15, 0.2) is 0 Å². The van der Waals surface area contributed by atoms with Crippen LogP contribution in [0.15, 0.2) is 0 Å². The quantitative estimate of drug-likeness (QED) is 0.635. The summed E-state index contributed by atoms with van der Waals surface area (Å²) in [6.07, 6.45) is 2.57. The first-order valence-corrected chi connectivity index (χ1v) is 5.07. The highest BCUT2D eigenvalue weighted by Crippen LogP contribution is 2.11. The van der Waals surface area contributed by atoms with Crippen molar-refractivity contribution in [2.45, 2.75) is 26.7 Å². The molecule has 1 heterocycles. The van der Waals surface area contributed by atoms with Crippen LogP contribution in [0.2, 0.25) is 0 Å². The normalized spacial score (nSPS) is 23.8. The molecule has 0 spiro atoms. The maximum atomic E-state index is 5.53. The molecule has 72 valence electrons. The van der Waals surface area contributed by atoms with Crippen molar-refractivity contribution in [3.05, 3.63) is 0 Å². The summed E-state index contributed by atoms with van der Waals surface area (Å²) in [5.74, 6) is 1.55. The van der Waals surface area contributed by atoms with E-state index in [1.165, 1.54) is 25.9 Å². The summed E-state index contributed by atoms with van der Waals surface area (Å²) in [6.45, 7) is 8.65. The number of rotatable bonds is 5. The average molecular weight is 171 g/mol. The Kier molecular flexibility index (Phi) is 4.62. The van der Waals surface area contributed by atoms with Crippen molar-refractivity contribution < 1.29 is 4.74 Å². The summed E-state index contributed by atoms with van der Waals surface area (Å²) in [7, 11) is 0. The average Bonchev–Trinajstić information content (AvgIpc) is 2.49. The molecule has 1 fully saturated rings. The molecule has 0 aromatic rings. The Bertz CT molecular complexity index is 108. The first kappa shape index (κ1) is 10.0. The summed E-state index contributed by atoms with van der Waals surface area (Å²) >= 11 is 0. The fraction of sp³-hybridized carbons (Fsp3) is 1.00. The highest BCUT2D eigenvalue weighted by molar-refractivity contribution is 4.70. The molecule has 0 amide bonds. The van der Waals surface area contributed by atoms with E-state index in [-0.39, 0.29) is 0 Å². The van der Waals surface area contributed by atoms with Gasteiger partial charge in [0, 0.05) is 13.2 Å². The van der Waals surface area contributed by atoms with Gasteiger partial charge in [-0.3, -0.25) is 0 Å². The van der Waals surface area contributed by atoms with Gasteiger partial charge in [0.1, 0.15) is 0 Å². The van der Waals surface area contributed by atoms with E-state index in [1.54, 1.807) is 0 Å². The lowest BCUT2D eigenvalue weighted by Gasteiger charge is -2.09. The van der Waals surface area contributed by atoms with E-state index in [0.29, 0.717) is 5.92 Å². The van der Waals surface area contributed by atoms with Gasteiger partial charge < -0.3 is 10.1 Å². The van der Waals surface area contributed by atoms with Crippen molar-refractivity contribution in [3.63, 3.8) is 0 Å². The molecule has 0 aromatic carbocycles. The van der Waals surface area contributed by atoms with Gasteiger partial charge in [-0.15, -0.1) is 0 Å². The lowest BCUT2D eigenvalue weighted by Crippen LogP contribution is -2.11. The van der Waals surface area contributed by atoms with Crippen LogP contribution in [-0.4, -0.2) is 26.3 Å². The minimum atomic E-state index is 0.673. The van der Waals surface area contributed by atoms with Gasteiger partial charge in [-0.1, -0.05) is 13.8 Å². The maximum Gasteiger partial charge on any atom is 0.0488 e. The zero-order valence-electron chi connectivity index (χ0n) is 8.31. The number of hydrogen-bond donors (Lipinski definition) is 1. The third-order valence-corrected chi connectivity index (χ3v) is 2.28. The van der Waals surface area contributed by atoms with Gasteiger partial charge in [0.2, 0.25) is 0 Å². The van der Waals surface area contributed by atoms with Crippen LogP contribution in [-0.2, 0) is 4.74 Å². The van der Waals surface area contributed by atoms with Crippen molar-refractivity contribution in [2.24, 2.45) is 11.8 Å². The Balaban J connectivity index is 1.88. The summed E-state index contributed by atoms with van der Waals surface area (Å²) in [6, 6.07) is 0. The largest absolute Gasteiger partial charge is 0.381 e. The van der Waals surface area contributed by atoms with Crippen LogP contribution in [0.1, 0.15) is 26.7 Å². The van der Waals surface area contributed by atoms with Gasteiger partial charge >= 0.3 is 0 Å². The molecule has 1 N–H and O–H groups in total. The van der Waals surface area contributed by atoms with Gasteiger partial charge in [-0.2, -0.15) is 0 Å². The highest BCUT2D eigenvalue weighted by atomic mass is 16.5. The second-order valence-corrected chi connectivity index (χ2v) is 4.12. The number of hydrogen-bond acceptors (Lipinski definition) is 2. The van der Waals surface area contributed by atoms with E-state index in [1.807, 2.05) is 0 Å². The summed E-state index contributed by atoms with van der Waals surface area (Å²) in [5, 5.41) is 3.37. The van der Waals surface area contributed by atoms with Gasteiger partial charge in [-0.05, 0) is 37.8 Å². The molecule has 0 aromatic heterocycles. The topological polar surface area (TPSA) is 21.3 Å². The molecule has 1 rings (SSSR count). The maximum absolute atomic E-state index is 5.53. The molecule has 0 saturated carbocycles. The van der Waals surface area contributed by atoms with Crippen LogP contribution >= 0.6 is 0 Å². The van der Waals surface area contributed by atoms with E-state index in [2.05, 4.69) is 19.2 Å². The van der Waals surface area contributed by atoms with Crippen LogP contribution < -0.4 is 5.32 Å². The van der Waals surface area contributed by atoms with Crippen molar-refractivity contribution in [2.75, 3.05) is 26.3 Å². The third-order valence-electron chi connectivity index (χ3n) is 2.28. The fourth-order valence-corrected chi connectivity index (χ4v) is 1.53. The Hall–Kier alpha value is -0.0800. The Morgan fingerprint density at radius 2 is 2.33 bits per heavy atom. The summed E-state index contributed by atoms with van der Waals surface area (Å²) in [5.41, 5.74) is 0. The van der Waals surface area contributed by atoms with E-state index >= 15 is 0 Å². The van der Waals surface area contributed by atoms with Crippen LogP contribution in [0, 0.1) is 11.8 Å². The molecule has 2 heteroatoms. The summed E-state index contributed by atoms with van der Waals surface area (Å²) in [4.78, 5) is 0. The predicted octanol–water partition coefficient (Wildman–Crippen LogP) is 1.66. The van der Waals surface area contributed by atoms with Crippen molar-refractivity contribution in [1.29, 1.82) is 0 Å². The molecule has 0 aliphatic carbocycles. The van der Waals surface area contributed by atoms with E-state index in [9.17, 15) is 0 Å². The molecule has 12 heavy (non-hydrogen) atoms. The zero-order valence-corrected chi connectivity index (χ0v) is 8.31. The minimum absolute atomic E-state index is 0.673. The van der Waals surface area contributed by atoms with Gasteiger partial charge in [0.25, 0.3) is 0 Å². The number of ether oxygens (including phenoxy) is 1. The van der Waals surface area contributed by atoms with Gasteiger partial charge in [-0.25, -0.2) is 0 Å². The molecule has 1 aliphatic heterocycles. The Morgan fingerprint density at radius 1 is 1.50 bits per heavy atom. The lowest BCUT2D eigenvalue weighted by atomic mass is 10.1. The molecule has 1 aliphatic rings. The first-order chi connectivity index (χ1) is 5.79. The molecular formula is C10H21NO. The first-order valence-electron chi connectivity index (χ1n) is 5.07. The van der Waals surface area contributed by atoms with E-state index < -0.39 is 0 Å².